The molecule has 1 aromatic carbocycles. The summed E-state index contributed by atoms with van der Waals surface area (Å²) in [6, 6.07) is 9.73. The number of unbranched alkanes of at least 4 members (excludes halogenated alkanes) is 1. The molecule has 7 nitrogen and oxygen atoms in total. The van der Waals surface area contributed by atoms with Crippen molar-refractivity contribution >= 4 is 29.9 Å². The molecule has 0 saturated heterocycles. The smallest absolute Gasteiger partial charge is 0.218 e. The first-order valence-electron chi connectivity index (χ1n) is 10.0. The number of halogens is 1. The zero-order valence-electron chi connectivity index (χ0n) is 18.2. The van der Waals surface area contributed by atoms with Crippen LogP contribution in [-0.2, 0) is 13.1 Å². The molecule has 2 aromatic rings. The number of hydrogen-bond donors (Lipinski definition) is 2. The fraction of sp³-hybridized carbons (Fsp3) is 0.455. The summed E-state index contributed by atoms with van der Waals surface area (Å²) in [7, 11) is 3.26. The number of nitrogens with zero attached hydrogens (tertiary/aromatic N) is 2. The van der Waals surface area contributed by atoms with Gasteiger partial charge in [-0.05, 0) is 37.1 Å². The lowest BCUT2D eigenvalue weighted by molar-refractivity contribution is 0.294. The molecule has 0 spiro atoms. The highest BCUT2D eigenvalue weighted by atomic mass is 127. The van der Waals surface area contributed by atoms with Crippen molar-refractivity contribution in [3.63, 3.8) is 0 Å². The third-order valence-corrected chi connectivity index (χ3v) is 4.24. The van der Waals surface area contributed by atoms with E-state index in [-0.39, 0.29) is 24.0 Å². The van der Waals surface area contributed by atoms with Gasteiger partial charge in [0.2, 0.25) is 5.88 Å². The fourth-order valence-corrected chi connectivity index (χ4v) is 2.67. The summed E-state index contributed by atoms with van der Waals surface area (Å²) in [5, 5.41) is 6.62. The van der Waals surface area contributed by atoms with Gasteiger partial charge in [-0.15, -0.1) is 24.0 Å². The van der Waals surface area contributed by atoms with Crippen molar-refractivity contribution in [1.82, 2.24) is 15.6 Å². The molecule has 0 atom stereocenters. The molecule has 8 heteroatoms. The second kappa shape index (κ2) is 14.7. The number of guanidine groups is 1. The Hall–Kier alpha value is -2.23. The van der Waals surface area contributed by atoms with E-state index in [0.717, 1.165) is 36.5 Å². The van der Waals surface area contributed by atoms with Crippen LogP contribution in [0.4, 0.5) is 0 Å². The molecule has 0 bridgehead atoms. The van der Waals surface area contributed by atoms with Gasteiger partial charge in [-0.2, -0.15) is 0 Å². The number of aliphatic imine (C=N–C) groups is 1. The van der Waals surface area contributed by atoms with Crippen LogP contribution in [0.2, 0.25) is 0 Å². The number of ether oxygens (including phenoxy) is 3. The Kier molecular flexibility index (Phi) is 12.6. The van der Waals surface area contributed by atoms with Crippen molar-refractivity contribution in [3.05, 3.63) is 47.7 Å². The van der Waals surface area contributed by atoms with Crippen molar-refractivity contribution in [1.29, 1.82) is 0 Å². The lowest BCUT2D eigenvalue weighted by atomic mass is 10.2. The van der Waals surface area contributed by atoms with Gasteiger partial charge < -0.3 is 24.8 Å². The van der Waals surface area contributed by atoms with Crippen molar-refractivity contribution in [2.75, 3.05) is 27.4 Å². The molecule has 0 aliphatic heterocycles. The van der Waals surface area contributed by atoms with E-state index in [1.54, 1.807) is 20.4 Å². The predicted molar refractivity (Wildman–Crippen MR) is 131 cm³/mol. The van der Waals surface area contributed by atoms with Crippen molar-refractivity contribution in [3.8, 4) is 17.4 Å². The van der Waals surface area contributed by atoms with Gasteiger partial charge >= 0.3 is 0 Å². The van der Waals surface area contributed by atoms with Gasteiger partial charge in [0.25, 0.3) is 0 Å². The first-order valence-corrected chi connectivity index (χ1v) is 10.0. The highest BCUT2D eigenvalue weighted by molar-refractivity contribution is 14.0. The van der Waals surface area contributed by atoms with E-state index < -0.39 is 0 Å². The number of nitrogens with one attached hydrogen (secondary N) is 2. The minimum Gasteiger partial charge on any atom is -0.493 e. The average Bonchev–Trinajstić information content (AvgIpc) is 2.76. The van der Waals surface area contributed by atoms with Gasteiger partial charge in [0.1, 0.15) is 0 Å². The zero-order valence-corrected chi connectivity index (χ0v) is 20.6. The van der Waals surface area contributed by atoms with Crippen molar-refractivity contribution in [2.24, 2.45) is 4.99 Å². The van der Waals surface area contributed by atoms with Gasteiger partial charge in [0, 0.05) is 24.8 Å². The van der Waals surface area contributed by atoms with Gasteiger partial charge in [-0.3, -0.25) is 0 Å². The molecule has 1 aromatic heterocycles. The Morgan fingerprint density at radius 3 is 2.57 bits per heavy atom. The number of methoxy groups -OCH3 is 2. The summed E-state index contributed by atoms with van der Waals surface area (Å²) < 4.78 is 16.5. The molecule has 0 saturated carbocycles. The van der Waals surface area contributed by atoms with E-state index in [1.807, 2.05) is 37.3 Å². The van der Waals surface area contributed by atoms with Gasteiger partial charge in [0.05, 0.1) is 27.4 Å². The molecule has 0 amide bonds. The van der Waals surface area contributed by atoms with Crippen LogP contribution in [0.25, 0.3) is 0 Å². The minimum absolute atomic E-state index is 0. The Labute approximate surface area is 196 Å². The molecule has 0 fully saturated rings. The Bertz CT molecular complexity index is 787. The van der Waals surface area contributed by atoms with Crippen LogP contribution in [0, 0.1) is 0 Å². The van der Waals surface area contributed by atoms with Crippen LogP contribution in [0.3, 0.4) is 0 Å². The maximum atomic E-state index is 5.81. The molecule has 30 heavy (non-hydrogen) atoms. The number of benzene rings is 1. The minimum atomic E-state index is 0. The first-order chi connectivity index (χ1) is 14.2. The van der Waals surface area contributed by atoms with Crippen LogP contribution < -0.4 is 24.8 Å². The molecule has 0 aliphatic rings. The SMILES string of the molecule is CCCCOc1ncccc1CNC(=NCc1ccc(OC)c(OC)c1)NCC.I. The third-order valence-electron chi connectivity index (χ3n) is 4.24. The Morgan fingerprint density at radius 1 is 1.07 bits per heavy atom. The lowest BCUT2D eigenvalue weighted by Gasteiger charge is -2.14. The predicted octanol–water partition coefficient (Wildman–Crippen LogP) is 4.15. The van der Waals surface area contributed by atoms with E-state index in [2.05, 4.69) is 27.5 Å². The first kappa shape index (κ1) is 25.8. The molecule has 0 unspecified atom stereocenters. The number of pyridine rings is 1. The van der Waals surface area contributed by atoms with Crippen LogP contribution in [0.5, 0.6) is 17.4 Å². The second-order valence-corrected chi connectivity index (χ2v) is 6.41. The van der Waals surface area contributed by atoms with E-state index in [9.17, 15) is 0 Å². The quantitative estimate of drug-likeness (QED) is 0.198. The van der Waals surface area contributed by atoms with E-state index in [0.29, 0.717) is 37.1 Å². The van der Waals surface area contributed by atoms with Crippen molar-refractivity contribution in [2.45, 2.75) is 39.8 Å². The van der Waals surface area contributed by atoms with Crippen LogP contribution in [0.1, 0.15) is 37.8 Å². The van der Waals surface area contributed by atoms with E-state index in [4.69, 9.17) is 14.2 Å². The summed E-state index contributed by atoms with van der Waals surface area (Å²) in [6.07, 6.45) is 3.85. The third kappa shape index (κ3) is 8.25. The molecule has 0 aliphatic carbocycles. The molecular formula is C22H33IN4O3. The molecular weight excluding hydrogens is 495 g/mol. The normalized spacial score (nSPS) is 10.7. The van der Waals surface area contributed by atoms with E-state index in [1.165, 1.54) is 0 Å². The van der Waals surface area contributed by atoms with Gasteiger partial charge in [0.15, 0.2) is 17.5 Å². The summed E-state index contributed by atoms with van der Waals surface area (Å²) in [4.78, 5) is 9.03. The molecule has 0 radical (unpaired) electrons. The summed E-state index contributed by atoms with van der Waals surface area (Å²) in [6.45, 7) is 6.72. The monoisotopic (exact) mass is 528 g/mol. The second-order valence-electron chi connectivity index (χ2n) is 6.41. The highest BCUT2D eigenvalue weighted by Crippen LogP contribution is 2.27. The topological polar surface area (TPSA) is 77.0 Å². The number of hydrogen-bond acceptors (Lipinski definition) is 5. The molecule has 1 heterocycles. The van der Waals surface area contributed by atoms with Gasteiger partial charge in [-0.1, -0.05) is 25.5 Å². The van der Waals surface area contributed by atoms with Gasteiger partial charge in [-0.25, -0.2) is 9.98 Å². The highest BCUT2D eigenvalue weighted by Gasteiger charge is 2.07. The lowest BCUT2D eigenvalue weighted by Crippen LogP contribution is -2.36. The zero-order chi connectivity index (χ0) is 20.9. The number of rotatable bonds is 11. The fourth-order valence-electron chi connectivity index (χ4n) is 2.67. The van der Waals surface area contributed by atoms with Crippen LogP contribution >= 0.6 is 24.0 Å². The Morgan fingerprint density at radius 2 is 1.87 bits per heavy atom. The summed E-state index contributed by atoms with van der Waals surface area (Å²) in [5.74, 6) is 2.80. The summed E-state index contributed by atoms with van der Waals surface area (Å²) >= 11 is 0. The maximum Gasteiger partial charge on any atom is 0.218 e. The Balaban J connectivity index is 0.00000450. The maximum absolute atomic E-state index is 5.81. The molecule has 2 N–H and O–H groups in total. The van der Waals surface area contributed by atoms with Crippen molar-refractivity contribution < 1.29 is 14.2 Å². The molecule has 166 valence electrons. The van der Waals surface area contributed by atoms with E-state index >= 15 is 0 Å². The summed E-state index contributed by atoms with van der Waals surface area (Å²) in [5.41, 5.74) is 2.03. The van der Waals surface area contributed by atoms with Crippen LogP contribution in [-0.4, -0.2) is 38.3 Å². The van der Waals surface area contributed by atoms with Crippen LogP contribution in [0.15, 0.2) is 41.5 Å². The number of aromatic nitrogens is 1. The largest absolute Gasteiger partial charge is 0.493 e. The average molecular weight is 528 g/mol. The standard InChI is InChI=1S/C22H32N4O3.HI/c1-5-7-13-29-21-18(9-8-12-24-21)16-26-22(23-6-2)25-15-17-10-11-19(27-3)20(14-17)28-4;/h8-12,14H,5-7,13,15-16H2,1-4H3,(H2,23,25,26);1H. The molecule has 2 rings (SSSR count).